The fourth-order valence-electron chi connectivity index (χ4n) is 3.97. The highest BCUT2D eigenvalue weighted by Gasteiger charge is 2.72. The van der Waals surface area contributed by atoms with E-state index in [9.17, 15) is 31.6 Å². The summed E-state index contributed by atoms with van der Waals surface area (Å²) in [6.07, 6.45) is -1.72. The van der Waals surface area contributed by atoms with E-state index in [0.717, 1.165) is 6.92 Å². The number of fused-ring (bicyclic) bond motifs is 1. The number of aliphatic carboxylic acids is 1. The molecule has 0 spiro atoms. The molecule has 2 bridgehead atoms. The molecule has 0 aromatic rings. The number of hydrogen-bond acceptors (Lipinski definition) is 8. The van der Waals surface area contributed by atoms with Crippen molar-refractivity contribution in [3.8, 4) is 0 Å². The molecular formula is C13H14F2O9S. The molecule has 6 atom stereocenters. The van der Waals surface area contributed by atoms with Crippen molar-refractivity contribution in [2.24, 2.45) is 17.8 Å². The van der Waals surface area contributed by atoms with E-state index in [1.807, 2.05) is 0 Å². The summed E-state index contributed by atoms with van der Waals surface area (Å²) in [6.45, 7) is -0.613. The van der Waals surface area contributed by atoms with Crippen LogP contribution in [0.2, 0.25) is 0 Å². The maximum Gasteiger partial charge on any atom is 0.378 e. The van der Waals surface area contributed by atoms with Crippen molar-refractivity contribution in [1.82, 2.24) is 0 Å². The van der Waals surface area contributed by atoms with Crippen molar-refractivity contribution in [1.29, 1.82) is 0 Å². The quantitative estimate of drug-likeness (QED) is 0.494. The van der Waals surface area contributed by atoms with Gasteiger partial charge in [-0.15, -0.1) is 0 Å². The normalized spacial score (nSPS) is 37.7. The summed E-state index contributed by atoms with van der Waals surface area (Å²) >= 11 is 0. The van der Waals surface area contributed by atoms with Crippen molar-refractivity contribution >= 4 is 28.0 Å². The largest absolute Gasteiger partial charge is 0.477 e. The van der Waals surface area contributed by atoms with Crippen LogP contribution in [-0.2, 0) is 38.2 Å². The first-order valence-electron chi connectivity index (χ1n) is 7.33. The number of halogens is 2. The van der Waals surface area contributed by atoms with Gasteiger partial charge in [0.1, 0.15) is 17.5 Å². The van der Waals surface area contributed by atoms with E-state index in [2.05, 4.69) is 4.74 Å². The fraction of sp³-hybridized carbons (Fsp3) is 0.769. The first-order chi connectivity index (χ1) is 11.5. The van der Waals surface area contributed by atoms with Gasteiger partial charge in [0.2, 0.25) is 0 Å². The maximum atomic E-state index is 13.1. The van der Waals surface area contributed by atoms with Crippen LogP contribution in [0.5, 0.6) is 0 Å². The molecule has 1 saturated heterocycles. The van der Waals surface area contributed by atoms with Gasteiger partial charge >= 0.3 is 23.8 Å². The molecule has 25 heavy (non-hydrogen) atoms. The monoisotopic (exact) mass is 384 g/mol. The number of rotatable bonds is 5. The molecule has 9 nitrogen and oxygen atoms in total. The van der Waals surface area contributed by atoms with Crippen molar-refractivity contribution in [2.75, 3.05) is 6.61 Å². The third kappa shape index (κ3) is 2.76. The summed E-state index contributed by atoms with van der Waals surface area (Å²) in [5, 5.41) is 7.06. The van der Waals surface area contributed by atoms with Gasteiger partial charge in [-0.3, -0.25) is 13.8 Å². The Balaban J connectivity index is 1.82. The average Bonchev–Trinajstić information content (AvgIpc) is 3.06. The molecule has 140 valence electrons. The smallest absolute Gasteiger partial charge is 0.378 e. The molecule has 2 saturated carbocycles. The second-order valence-electron chi connectivity index (χ2n) is 6.30. The Labute approximate surface area is 140 Å². The minimum atomic E-state index is -4.30. The summed E-state index contributed by atoms with van der Waals surface area (Å²) in [7, 11) is -4.16. The highest BCUT2D eigenvalue weighted by Crippen LogP contribution is 2.58. The van der Waals surface area contributed by atoms with E-state index >= 15 is 0 Å². The van der Waals surface area contributed by atoms with Gasteiger partial charge in [-0.2, -0.15) is 17.2 Å². The Hall–Kier alpha value is -1.82. The summed E-state index contributed by atoms with van der Waals surface area (Å²) in [5.74, 6) is -11.5. The minimum absolute atomic E-state index is 0.196. The van der Waals surface area contributed by atoms with Crippen LogP contribution in [0.4, 0.5) is 8.78 Å². The van der Waals surface area contributed by atoms with Crippen LogP contribution in [0.25, 0.3) is 0 Å². The van der Waals surface area contributed by atoms with Gasteiger partial charge in [-0.05, 0) is 6.42 Å². The number of carbonyl (C=O) groups excluding carboxylic acids is 2. The highest BCUT2D eigenvalue weighted by molar-refractivity contribution is 7.87. The Morgan fingerprint density at radius 2 is 1.92 bits per heavy atom. The first-order valence-corrected chi connectivity index (χ1v) is 8.80. The van der Waals surface area contributed by atoms with Crippen LogP contribution in [0.3, 0.4) is 0 Å². The van der Waals surface area contributed by atoms with Crippen molar-refractivity contribution in [2.45, 2.75) is 36.7 Å². The van der Waals surface area contributed by atoms with E-state index in [1.165, 1.54) is 0 Å². The standard InChI is InChI=1S/C13H14F2O9S/c1-4(16)23-8-5-2-6-9(8)24-25(20,21)10(6)7(5)11(17)22-3-13(14,15)12(18)19/h5-10H,2-3H2,1H3,(H,18,19). The van der Waals surface area contributed by atoms with E-state index < -0.39 is 75.8 Å². The van der Waals surface area contributed by atoms with Crippen LogP contribution in [0.1, 0.15) is 13.3 Å². The van der Waals surface area contributed by atoms with Crippen LogP contribution < -0.4 is 0 Å². The van der Waals surface area contributed by atoms with Crippen LogP contribution >= 0.6 is 0 Å². The molecule has 3 aliphatic rings. The number of carbonyl (C=O) groups is 3. The molecule has 12 heteroatoms. The van der Waals surface area contributed by atoms with Gasteiger partial charge in [-0.25, -0.2) is 4.79 Å². The lowest BCUT2D eigenvalue weighted by Crippen LogP contribution is -2.46. The molecule has 6 unspecified atom stereocenters. The molecule has 0 aromatic heterocycles. The predicted molar refractivity (Wildman–Crippen MR) is 71.8 cm³/mol. The zero-order valence-electron chi connectivity index (χ0n) is 12.8. The average molecular weight is 384 g/mol. The predicted octanol–water partition coefficient (Wildman–Crippen LogP) is -0.456. The Bertz CT molecular complexity index is 734. The molecule has 1 N–H and O–H groups in total. The lowest BCUT2D eigenvalue weighted by Gasteiger charge is -2.29. The molecular weight excluding hydrogens is 370 g/mol. The van der Waals surface area contributed by atoms with Gasteiger partial charge in [0.15, 0.2) is 6.61 Å². The van der Waals surface area contributed by atoms with Crippen molar-refractivity contribution < 1.29 is 50.3 Å². The summed E-state index contributed by atoms with van der Waals surface area (Å²) in [4.78, 5) is 33.8. The number of alkyl halides is 2. The van der Waals surface area contributed by atoms with Gasteiger partial charge in [0, 0.05) is 18.8 Å². The Kier molecular flexibility index (Phi) is 4.02. The maximum absolute atomic E-state index is 13.1. The van der Waals surface area contributed by atoms with Crippen molar-refractivity contribution in [3.63, 3.8) is 0 Å². The number of hydrogen-bond donors (Lipinski definition) is 1. The Morgan fingerprint density at radius 3 is 2.48 bits per heavy atom. The Morgan fingerprint density at radius 1 is 1.28 bits per heavy atom. The minimum Gasteiger partial charge on any atom is -0.477 e. The molecule has 2 aliphatic carbocycles. The SMILES string of the molecule is CC(=O)OC1C2CC3C1OS(=O)(=O)C3C2C(=O)OCC(F)(F)C(=O)O. The van der Waals surface area contributed by atoms with Gasteiger partial charge < -0.3 is 14.6 Å². The molecule has 1 aliphatic heterocycles. The first kappa shape index (κ1) is 18.0. The zero-order chi connectivity index (χ0) is 18.7. The summed E-state index contributed by atoms with van der Waals surface area (Å²) in [5.41, 5.74) is 0. The zero-order valence-corrected chi connectivity index (χ0v) is 13.6. The number of carboxylic acids is 1. The molecule has 1 heterocycles. The molecule has 0 amide bonds. The number of ether oxygens (including phenoxy) is 2. The van der Waals surface area contributed by atoms with Gasteiger partial charge in [-0.1, -0.05) is 0 Å². The third-order valence-corrected chi connectivity index (χ3v) is 6.61. The van der Waals surface area contributed by atoms with E-state index in [4.69, 9.17) is 14.0 Å². The number of esters is 2. The topological polar surface area (TPSA) is 133 Å². The van der Waals surface area contributed by atoms with E-state index in [1.54, 1.807) is 0 Å². The highest BCUT2D eigenvalue weighted by atomic mass is 32.2. The lowest BCUT2D eigenvalue weighted by molar-refractivity contribution is -0.181. The second-order valence-corrected chi connectivity index (χ2v) is 8.02. The molecule has 0 aromatic carbocycles. The van der Waals surface area contributed by atoms with Gasteiger partial charge in [0.25, 0.3) is 10.1 Å². The molecule has 3 fully saturated rings. The summed E-state index contributed by atoms with van der Waals surface area (Å²) in [6, 6.07) is 0. The van der Waals surface area contributed by atoms with Gasteiger partial charge in [0.05, 0.1) is 5.92 Å². The van der Waals surface area contributed by atoms with Crippen molar-refractivity contribution in [3.05, 3.63) is 0 Å². The fourth-order valence-corrected chi connectivity index (χ4v) is 6.02. The van der Waals surface area contributed by atoms with E-state index in [0.29, 0.717) is 0 Å². The number of carboxylic acid groups (broad SMARTS) is 1. The van der Waals surface area contributed by atoms with E-state index in [-0.39, 0.29) is 6.42 Å². The van der Waals surface area contributed by atoms with Crippen LogP contribution in [-0.4, -0.2) is 61.4 Å². The second kappa shape index (κ2) is 5.59. The molecule has 3 rings (SSSR count). The third-order valence-electron chi connectivity index (χ3n) is 4.81. The lowest BCUT2D eigenvalue weighted by atomic mass is 9.84. The summed E-state index contributed by atoms with van der Waals surface area (Å²) < 4.78 is 64.8. The van der Waals surface area contributed by atoms with Crippen LogP contribution in [0, 0.1) is 17.8 Å². The molecule has 0 radical (unpaired) electrons. The van der Waals surface area contributed by atoms with Crippen LogP contribution in [0.15, 0.2) is 0 Å².